The highest BCUT2D eigenvalue weighted by Crippen LogP contribution is 2.23. The van der Waals surface area contributed by atoms with E-state index >= 15 is 0 Å². The molecule has 33 heavy (non-hydrogen) atoms. The van der Waals surface area contributed by atoms with Gasteiger partial charge in [-0.1, -0.05) is 48.5 Å². The first-order valence-corrected chi connectivity index (χ1v) is 12.1. The van der Waals surface area contributed by atoms with Crippen LogP contribution < -0.4 is 5.43 Å². The average molecular weight is 468 g/mol. The lowest BCUT2D eigenvalue weighted by molar-refractivity contribution is 0.270. The lowest BCUT2D eigenvalue weighted by atomic mass is 10.0. The molecule has 2 aromatic carbocycles. The Balaban J connectivity index is 1.75. The predicted octanol–water partition coefficient (Wildman–Crippen LogP) is 2.77. The highest BCUT2D eigenvalue weighted by molar-refractivity contribution is 7.88. The molecule has 172 valence electrons. The Morgan fingerprint density at radius 1 is 1.06 bits per heavy atom. The van der Waals surface area contributed by atoms with Crippen LogP contribution in [0.3, 0.4) is 0 Å². The quantitative estimate of drug-likeness (QED) is 0.471. The third-order valence-corrected chi connectivity index (χ3v) is 6.53. The van der Waals surface area contributed by atoms with Crippen molar-refractivity contribution in [1.82, 2.24) is 8.87 Å². The number of pyridine rings is 1. The van der Waals surface area contributed by atoms with Crippen molar-refractivity contribution in [1.29, 1.82) is 0 Å². The van der Waals surface area contributed by atoms with Crippen LogP contribution in [0.4, 0.5) is 5.69 Å². The first-order chi connectivity index (χ1) is 15.7. The largest absolute Gasteiger partial charge is 0.503 e. The van der Waals surface area contributed by atoms with Crippen LogP contribution in [0, 0.1) is 6.57 Å². The first-order valence-electron chi connectivity index (χ1n) is 10.3. The number of sulfonamides is 1. The summed E-state index contributed by atoms with van der Waals surface area (Å²) in [5.41, 5.74) is 3.29. The molecule has 0 amide bonds. The minimum atomic E-state index is -3.58. The van der Waals surface area contributed by atoms with Crippen LogP contribution in [0.5, 0.6) is 5.75 Å². The van der Waals surface area contributed by atoms with E-state index in [1.54, 1.807) is 12.1 Å². The van der Waals surface area contributed by atoms with Crippen molar-refractivity contribution in [2.45, 2.75) is 19.5 Å². The van der Waals surface area contributed by atoms with E-state index in [1.165, 1.54) is 21.1 Å². The molecule has 0 saturated carbocycles. The van der Waals surface area contributed by atoms with Gasteiger partial charge < -0.3 is 14.8 Å². The van der Waals surface area contributed by atoms with E-state index < -0.39 is 21.2 Å². The molecule has 3 rings (SSSR count). The zero-order valence-corrected chi connectivity index (χ0v) is 19.0. The molecule has 8 nitrogen and oxygen atoms in total. The van der Waals surface area contributed by atoms with Crippen molar-refractivity contribution < 1.29 is 18.6 Å². The molecular formula is C24H25N3O5S. The van der Waals surface area contributed by atoms with Gasteiger partial charge >= 0.3 is 0 Å². The predicted molar refractivity (Wildman–Crippen MR) is 127 cm³/mol. The third-order valence-electron chi connectivity index (χ3n) is 5.28. The second-order valence-corrected chi connectivity index (χ2v) is 9.62. The number of aromatic nitrogens is 1. The lowest BCUT2D eigenvalue weighted by Crippen LogP contribution is -2.33. The Hall–Kier alpha value is -3.45. The van der Waals surface area contributed by atoms with Gasteiger partial charge in [-0.25, -0.2) is 13.3 Å². The topological polar surface area (TPSA) is 104 Å². The molecule has 0 radical (unpaired) electrons. The van der Waals surface area contributed by atoms with Crippen molar-refractivity contribution in [3.8, 4) is 16.9 Å². The fraction of sp³-hybridized carbons (Fsp3) is 0.250. The van der Waals surface area contributed by atoms with Crippen molar-refractivity contribution in [3.05, 3.63) is 93.7 Å². The van der Waals surface area contributed by atoms with E-state index in [4.69, 9.17) is 6.57 Å². The van der Waals surface area contributed by atoms with Crippen molar-refractivity contribution in [3.63, 3.8) is 0 Å². The minimum Gasteiger partial charge on any atom is -0.503 e. The van der Waals surface area contributed by atoms with Crippen LogP contribution in [0.25, 0.3) is 16.0 Å². The van der Waals surface area contributed by atoms with Gasteiger partial charge in [0.05, 0.1) is 32.2 Å². The second kappa shape index (κ2) is 10.4. The van der Waals surface area contributed by atoms with Crippen molar-refractivity contribution >= 4 is 15.7 Å². The van der Waals surface area contributed by atoms with E-state index in [-0.39, 0.29) is 26.2 Å². The molecule has 3 aromatic rings. The Morgan fingerprint density at radius 2 is 1.67 bits per heavy atom. The molecule has 0 fully saturated rings. The molecule has 0 saturated heterocycles. The number of aliphatic hydroxyl groups excluding tert-OH is 1. The molecule has 0 atom stereocenters. The highest BCUT2D eigenvalue weighted by atomic mass is 32.2. The monoisotopic (exact) mass is 467 g/mol. The summed E-state index contributed by atoms with van der Waals surface area (Å²) < 4.78 is 27.5. The summed E-state index contributed by atoms with van der Waals surface area (Å²) >= 11 is 0. The van der Waals surface area contributed by atoms with E-state index in [0.29, 0.717) is 17.8 Å². The molecule has 0 bridgehead atoms. The molecular weight excluding hydrogens is 442 g/mol. The molecule has 0 spiro atoms. The summed E-state index contributed by atoms with van der Waals surface area (Å²) in [6.45, 7) is 7.08. The smallest absolute Gasteiger partial charge is 0.223 e. The van der Waals surface area contributed by atoms with Gasteiger partial charge in [0.15, 0.2) is 11.4 Å². The zero-order chi connectivity index (χ0) is 24.0. The van der Waals surface area contributed by atoms with Crippen LogP contribution in [-0.2, 0) is 29.5 Å². The number of aliphatic hydroxyl groups is 1. The molecule has 0 unspecified atom stereocenters. The average Bonchev–Trinajstić information content (AvgIpc) is 2.79. The van der Waals surface area contributed by atoms with E-state index in [9.17, 15) is 23.4 Å². The second-order valence-electron chi connectivity index (χ2n) is 7.63. The van der Waals surface area contributed by atoms with Gasteiger partial charge in [-0.15, -0.1) is 0 Å². The number of hydrogen-bond donors (Lipinski definition) is 2. The number of rotatable bonds is 9. The van der Waals surface area contributed by atoms with Crippen LogP contribution in [0.15, 0.2) is 65.6 Å². The standard InChI is InChI=1S/C24H25N3O5S/c1-25-21-9-7-20(8-10-21)19-5-3-18(4-6-19)11-12-27(33(2,31)32)16-22-15-23(29)24(30)17-26(22)13-14-28/h3-10,15,17,28,30H,11-14,16H2,2H3. The molecule has 2 N–H and O–H groups in total. The summed E-state index contributed by atoms with van der Waals surface area (Å²) in [6, 6.07) is 16.3. The number of aromatic hydroxyl groups is 1. The Morgan fingerprint density at radius 3 is 2.21 bits per heavy atom. The minimum absolute atomic E-state index is 0.0557. The van der Waals surface area contributed by atoms with Gasteiger partial charge in [-0.3, -0.25) is 4.79 Å². The Bertz CT molecular complexity index is 1310. The Labute approximate surface area is 192 Å². The summed E-state index contributed by atoms with van der Waals surface area (Å²) in [4.78, 5) is 15.3. The maximum atomic E-state index is 12.4. The molecule has 0 aliphatic carbocycles. The number of hydrogen-bond acceptors (Lipinski definition) is 5. The van der Waals surface area contributed by atoms with Gasteiger partial charge in [0.2, 0.25) is 15.5 Å². The lowest BCUT2D eigenvalue weighted by Gasteiger charge is -2.22. The summed E-state index contributed by atoms with van der Waals surface area (Å²) in [6.07, 6.45) is 2.78. The van der Waals surface area contributed by atoms with Gasteiger partial charge in [0.25, 0.3) is 0 Å². The third kappa shape index (κ3) is 6.29. The van der Waals surface area contributed by atoms with Crippen molar-refractivity contribution in [2.75, 3.05) is 19.4 Å². The SMILES string of the molecule is [C-]#[N+]c1ccc(-c2ccc(CCN(Cc3cc(=O)c(O)cn3CCO)S(C)(=O)=O)cc2)cc1. The summed E-state index contributed by atoms with van der Waals surface area (Å²) in [5.74, 6) is -0.457. The number of benzene rings is 2. The summed E-state index contributed by atoms with van der Waals surface area (Å²) in [7, 11) is -3.58. The van der Waals surface area contributed by atoms with Gasteiger partial charge in [0.1, 0.15) is 0 Å². The normalized spacial score (nSPS) is 11.5. The van der Waals surface area contributed by atoms with E-state index in [1.807, 2.05) is 36.4 Å². The van der Waals surface area contributed by atoms with E-state index in [2.05, 4.69) is 4.85 Å². The maximum absolute atomic E-state index is 12.4. The Kier molecular flexibility index (Phi) is 7.66. The molecule has 0 aliphatic rings. The molecule has 1 aromatic heterocycles. The highest BCUT2D eigenvalue weighted by Gasteiger charge is 2.19. The van der Waals surface area contributed by atoms with Crippen LogP contribution >= 0.6 is 0 Å². The van der Waals surface area contributed by atoms with Gasteiger partial charge in [0, 0.05) is 24.8 Å². The zero-order valence-electron chi connectivity index (χ0n) is 18.2. The van der Waals surface area contributed by atoms with Crippen LogP contribution in [-0.4, -0.2) is 46.9 Å². The number of nitrogens with zero attached hydrogens (tertiary/aromatic N) is 3. The fourth-order valence-corrected chi connectivity index (χ4v) is 4.23. The van der Waals surface area contributed by atoms with Crippen LogP contribution in [0.1, 0.15) is 11.3 Å². The molecule has 0 aliphatic heterocycles. The molecule has 1 heterocycles. The molecule has 9 heteroatoms. The first kappa shape index (κ1) is 24.2. The van der Waals surface area contributed by atoms with Crippen LogP contribution in [0.2, 0.25) is 0 Å². The van der Waals surface area contributed by atoms with E-state index in [0.717, 1.165) is 22.9 Å². The summed E-state index contributed by atoms with van der Waals surface area (Å²) in [5, 5.41) is 18.9. The fourth-order valence-electron chi connectivity index (χ4n) is 3.44. The van der Waals surface area contributed by atoms with Gasteiger partial charge in [-0.2, -0.15) is 4.31 Å². The van der Waals surface area contributed by atoms with Gasteiger partial charge in [-0.05, 0) is 23.1 Å². The maximum Gasteiger partial charge on any atom is 0.223 e. The van der Waals surface area contributed by atoms with Crippen molar-refractivity contribution in [2.24, 2.45) is 0 Å².